The summed E-state index contributed by atoms with van der Waals surface area (Å²) < 4.78 is 7.70. The third-order valence-corrected chi connectivity index (χ3v) is 4.38. The van der Waals surface area contributed by atoms with E-state index in [2.05, 4.69) is 27.2 Å². The summed E-state index contributed by atoms with van der Waals surface area (Å²) in [4.78, 5) is 25.1. The van der Waals surface area contributed by atoms with Crippen LogP contribution in [0.5, 0.6) is 0 Å². The number of aryl methyl sites for hydroxylation is 2. The van der Waals surface area contributed by atoms with E-state index < -0.39 is 0 Å². The predicted molar refractivity (Wildman–Crippen MR) is 92.6 cm³/mol. The van der Waals surface area contributed by atoms with Crippen LogP contribution in [0.25, 0.3) is 0 Å². The van der Waals surface area contributed by atoms with Crippen LogP contribution in [0.15, 0.2) is 24.8 Å². The standard InChI is InChI=1S/C18H25N5O2/c1-2-16-19-7-9-23(16)8-6-17(24)20-11-14-12-21-18(22-13-14)15-5-3-4-10-25-15/h7,9,12-13,15H,2-6,8,10-11H2,1H3,(H,20,24)/t15-/m0/s1. The fourth-order valence-electron chi connectivity index (χ4n) is 2.94. The number of amides is 1. The zero-order valence-electron chi connectivity index (χ0n) is 14.6. The van der Waals surface area contributed by atoms with Gasteiger partial charge in [0.1, 0.15) is 11.9 Å². The maximum absolute atomic E-state index is 12.0. The summed E-state index contributed by atoms with van der Waals surface area (Å²) in [5.41, 5.74) is 0.893. The largest absolute Gasteiger partial charge is 0.370 e. The molecule has 1 fully saturated rings. The number of carbonyl (C=O) groups is 1. The molecule has 1 amide bonds. The van der Waals surface area contributed by atoms with Crippen molar-refractivity contribution in [1.29, 1.82) is 0 Å². The fraction of sp³-hybridized carbons (Fsp3) is 0.556. The van der Waals surface area contributed by atoms with E-state index in [9.17, 15) is 4.79 Å². The van der Waals surface area contributed by atoms with Gasteiger partial charge >= 0.3 is 0 Å². The number of rotatable bonds is 7. The fourth-order valence-corrected chi connectivity index (χ4v) is 2.94. The van der Waals surface area contributed by atoms with Crippen LogP contribution in [0.2, 0.25) is 0 Å². The Balaban J connectivity index is 1.44. The van der Waals surface area contributed by atoms with Crippen molar-refractivity contribution in [2.45, 2.75) is 58.2 Å². The van der Waals surface area contributed by atoms with Gasteiger partial charge in [0, 0.05) is 62.9 Å². The summed E-state index contributed by atoms with van der Waals surface area (Å²) in [6, 6.07) is 0. The Morgan fingerprint density at radius 3 is 2.88 bits per heavy atom. The van der Waals surface area contributed by atoms with Crippen LogP contribution in [0.3, 0.4) is 0 Å². The number of imidazole rings is 1. The summed E-state index contributed by atoms with van der Waals surface area (Å²) in [5.74, 6) is 1.75. The lowest BCUT2D eigenvalue weighted by molar-refractivity contribution is -0.121. The molecule has 7 heteroatoms. The Morgan fingerprint density at radius 2 is 2.16 bits per heavy atom. The van der Waals surface area contributed by atoms with E-state index in [4.69, 9.17) is 4.74 Å². The number of nitrogens with zero attached hydrogens (tertiary/aromatic N) is 4. The quantitative estimate of drug-likeness (QED) is 0.833. The molecule has 25 heavy (non-hydrogen) atoms. The number of hydrogen-bond acceptors (Lipinski definition) is 5. The Bertz CT molecular complexity index is 677. The normalized spacial score (nSPS) is 17.4. The molecule has 1 N–H and O–H groups in total. The molecule has 134 valence electrons. The van der Waals surface area contributed by atoms with Gasteiger partial charge in [0.25, 0.3) is 0 Å². The minimum atomic E-state index is 0.00967. The number of aromatic nitrogens is 4. The molecule has 0 spiro atoms. The van der Waals surface area contributed by atoms with Gasteiger partial charge in [-0.2, -0.15) is 0 Å². The van der Waals surface area contributed by atoms with Crippen molar-refractivity contribution >= 4 is 5.91 Å². The van der Waals surface area contributed by atoms with Crippen LogP contribution in [-0.2, 0) is 29.0 Å². The van der Waals surface area contributed by atoms with E-state index in [1.807, 2.05) is 10.8 Å². The zero-order valence-corrected chi connectivity index (χ0v) is 14.6. The van der Waals surface area contributed by atoms with Crippen molar-refractivity contribution in [2.75, 3.05) is 6.61 Å². The summed E-state index contributed by atoms with van der Waals surface area (Å²) >= 11 is 0. The Morgan fingerprint density at radius 1 is 1.32 bits per heavy atom. The number of nitrogens with one attached hydrogen (secondary N) is 1. The van der Waals surface area contributed by atoms with Gasteiger partial charge in [-0.1, -0.05) is 6.92 Å². The van der Waals surface area contributed by atoms with E-state index in [1.54, 1.807) is 18.6 Å². The zero-order chi connectivity index (χ0) is 17.5. The van der Waals surface area contributed by atoms with Gasteiger partial charge in [-0.25, -0.2) is 15.0 Å². The van der Waals surface area contributed by atoms with Crippen LogP contribution in [0.1, 0.15) is 55.9 Å². The maximum Gasteiger partial charge on any atom is 0.222 e. The number of hydrogen-bond donors (Lipinski definition) is 1. The van der Waals surface area contributed by atoms with Gasteiger partial charge < -0.3 is 14.6 Å². The van der Waals surface area contributed by atoms with E-state index in [0.29, 0.717) is 19.5 Å². The molecule has 0 aliphatic carbocycles. The van der Waals surface area contributed by atoms with Crippen LogP contribution in [0.4, 0.5) is 0 Å². The lowest BCUT2D eigenvalue weighted by Crippen LogP contribution is -2.24. The first-order chi connectivity index (χ1) is 12.3. The van der Waals surface area contributed by atoms with Crippen LogP contribution in [-0.4, -0.2) is 32.0 Å². The first kappa shape index (κ1) is 17.5. The lowest BCUT2D eigenvalue weighted by Gasteiger charge is -2.21. The average molecular weight is 343 g/mol. The maximum atomic E-state index is 12.0. The monoisotopic (exact) mass is 343 g/mol. The Labute approximate surface area is 147 Å². The third-order valence-electron chi connectivity index (χ3n) is 4.38. The van der Waals surface area contributed by atoms with Crippen molar-refractivity contribution in [3.05, 3.63) is 42.0 Å². The van der Waals surface area contributed by atoms with Crippen molar-refractivity contribution in [3.8, 4) is 0 Å². The summed E-state index contributed by atoms with van der Waals surface area (Å²) in [5, 5.41) is 2.91. The predicted octanol–water partition coefficient (Wildman–Crippen LogP) is 2.18. The highest BCUT2D eigenvalue weighted by atomic mass is 16.5. The Kier molecular flexibility index (Phi) is 6.11. The first-order valence-corrected chi connectivity index (χ1v) is 8.95. The van der Waals surface area contributed by atoms with Crippen molar-refractivity contribution < 1.29 is 9.53 Å². The van der Waals surface area contributed by atoms with Gasteiger partial charge in [0.15, 0.2) is 5.82 Å². The molecule has 0 saturated carbocycles. The third kappa shape index (κ3) is 4.85. The minimum Gasteiger partial charge on any atom is -0.370 e. The summed E-state index contributed by atoms with van der Waals surface area (Å²) in [6.07, 6.45) is 11.8. The first-order valence-electron chi connectivity index (χ1n) is 8.95. The molecule has 1 saturated heterocycles. The highest BCUT2D eigenvalue weighted by molar-refractivity contribution is 5.75. The molecule has 0 radical (unpaired) electrons. The molecule has 1 aliphatic rings. The Hall–Kier alpha value is -2.28. The molecule has 1 atom stereocenters. The topological polar surface area (TPSA) is 81.9 Å². The molecule has 2 aromatic rings. The molecule has 7 nitrogen and oxygen atoms in total. The van der Waals surface area contributed by atoms with Crippen LogP contribution < -0.4 is 5.32 Å². The van der Waals surface area contributed by atoms with Gasteiger partial charge in [0.05, 0.1) is 0 Å². The van der Waals surface area contributed by atoms with Gasteiger partial charge in [-0.3, -0.25) is 4.79 Å². The van der Waals surface area contributed by atoms with Gasteiger partial charge in [-0.05, 0) is 19.3 Å². The molecule has 0 unspecified atom stereocenters. The number of carbonyl (C=O) groups excluding carboxylic acids is 1. The van der Waals surface area contributed by atoms with Crippen LogP contribution >= 0.6 is 0 Å². The molecule has 3 rings (SSSR count). The smallest absolute Gasteiger partial charge is 0.222 e. The van der Waals surface area contributed by atoms with E-state index in [1.165, 1.54) is 0 Å². The van der Waals surface area contributed by atoms with E-state index in [0.717, 1.165) is 49.5 Å². The average Bonchev–Trinajstić information content (AvgIpc) is 3.13. The SMILES string of the molecule is CCc1nccn1CCC(=O)NCc1cnc([C@@H]2CCCCO2)nc1. The molecule has 1 aliphatic heterocycles. The van der Waals surface area contributed by atoms with E-state index in [-0.39, 0.29) is 12.0 Å². The molecular formula is C18H25N5O2. The molecule has 2 aromatic heterocycles. The highest BCUT2D eigenvalue weighted by Gasteiger charge is 2.18. The summed E-state index contributed by atoms with van der Waals surface area (Å²) in [6.45, 7) is 3.92. The van der Waals surface area contributed by atoms with Crippen molar-refractivity contribution in [3.63, 3.8) is 0 Å². The van der Waals surface area contributed by atoms with E-state index >= 15 is 0 Å². The van der Waals surface area contributed by atoms with Gasteiger partial charge in [-0.15, -0.1) is 0 Å². The lowest BCUT2D eigenvalue weighted by atomic mass is 10.1. The van der Waals surface area contributed by atoms with Crippen molar-refractivity contribution in [1.82, 2.24) is 24.8 Å². The highest BCUT2D eigenvalue weighted by Crippen LogP contribution is 2.24. The number of ether oxygens (including phenoxy) is 1. The molecular weight excluding hydrogens is 318 g/mol. The second-order valence-electron chi connectivity index (χ2n) is 6.22. The molecule has 3 heterocycles. The molecule has 0 aromatic carbocycles. The molecule has 0 bridgehead atoms. The minimum absolute atomic E-state index is 0.00967. The van der Waals surface area contributed by atoms with Gasteiger partial charge in [0.2, 0.25) is 5.91 Å². The second-order valence-corrected chi connectivity index (χ2v) is 6.22. The second kappa shape index (κ2) is 8.71. The summed E-state index contributed by atoms with van der Waals surface area (Å²) in [7, 11) is 0. The van der Waals surface area contributed by atoms with Crippen LogP contribution in [0, 0.1) is 0 Å². The van der Waals surface area contributed by atoms with Crippen molar-refractivity contribution in [2.24, 2.45) is 0 Å².